The van der Waals surface area contributed by atoms with E-state index in [2.05, 4.69) is 17.3 Å². The van der Waals surface area contributed by atoms with E-state index in [1.54, 1.807) is 0 Å². The third kappa shape index (κ3) is 3.32. The average Bonchev–Trinajstić information content (AvgIpc) is 2.44. The van der Waals surface area contributed by atoms with E-state index in [4.69, 9.17) is 4.74 Å². The number of nitrogens with zero attached hydrogens (tertiary/aromatic N) is 2. The molecule has 15 heavy (non-hydrogen) atoms. The zero-order chi connectivity index (χ0) is 11.3. The third-order valence-corrected chi connectivity index (χ3v) is 2.59. The van der Waals surface area contributed by atoms with Gasteiger partial charge in [-0.2, -0.15) is 5.10 Å². The van der Waals surface area contributed by atoms with Gasteiger partial charge in [-0.15, -0.1) is 0 Å². The lowest BCUT2D eigenvalue weighted by Gasteiger charge is -2.05. The Labute approximate surface area is 91.6 Å². The van der Waals surface area contributed by atoms with E-state index < -0.39 is 0 Å². The summed E-state index contributed by atoms with van der Waals surface area (Å²) < 4.78 is 7.18. The number of nitrogens with one attached hydrogen (secondary N) is 1. The number of hydrogen-bond acceptors (Lipinski definition) is 3. The molecule has 0 aromatic carbocycles. The largest absolute Gasteiger partial charge is 0.380 e. The lowest BCUT2D eigenvalue weighted by Crippen LogP contribution is -2.19. The van der Waals surface area contributed by atoms with Gasteiger partial charge < -0.3 is 10.1 Å². The van der Waals surface area contributed by atoms with Crippen molar-refractivity contribution in [3.63, 3.8) is 0 Å². The smallest absolute Gasteiger partial charge is 0.0641 e. The van der Waals surface area contributed by atoms with Gasteiger partial charge in [0.25, 0.3) is 0 Å². The number of rotatable bonds is 6. The van der Waals surface area contributed by atoms with E-state index in [0.29, 0.717) is 0 Å². The van der Waals surface area contributed by atoms with Crippen LogP contribution in [-0.2, 0) is 18.3 Å². The molecule has 4 heteroatoms. The van der Waals surface area contributed by atoms with Gasteiger partial charge in [-0.1, -0.05) is 0 Å². The first-order valence-corrected chi connectivity index (χ1v) is 5.44. The summed E-state index contributed by atoms with van der Waals surface area (Å²) in [5, 5.41) is 7.72. The molecule has 0 unspecified atom stereocenters. The summed E-state index contributed by atoms with van der Waals surface area (Å²) >= 11 is 0. The first kappa shape index (κ1) is 12.2. The molecule has 0 saturated carbocycles. The summed E-state index contributed by atoms with van der Waals surface area (Å²) in [5.41, 5.74) is 3.64. The minimum absolute atomic E-state index is 0.773. The predicted octanol–water partition coefficient (Wildman–Crippen LogP) is 1.16. The van der Waals surface area contributed by atoms with Gasteiger partial charge in [-0.05, 0) is 20.8 Å². The molecule has 1 N–H and O–H groups in total. The molecule has 0 aliphatic heterocycles. The van der Waals surface area contributed by atoms with Gasteiger partial charge in [-0.25, -0.2) is 0 Å². The Morgan fingerprint density at radius 3 is 2.67 bits per heavy atom. The van der Waals surface area contributed by atoms with E-state index >= 15 is 0 Å². The molecule has 0 saturated heterocycles. The zero-order valence-corrected chi connectivity index (χ0v) is 10.1. The normalized spacial score (nSPS) is 10.9. The van der Waals surface area contributed by atoms with Crippen LogP contribution >= 0.6 is 0 Å². The van der Waals surface area contributed by atoms with Crippen LogP contribution < -0.4 is 5.32 Å². The molecule has 0 amide bonds. The highest BCUT2D eigenvalue weighted by Crippen LogP contribution is 2.10. The highest BCUT2D eigenvalue weighted by atomic mass is 16.5. The second kappa shape index (κ2) is 5.88. The summed E-state index contributed by atoms with van der Waals surface area (Å²) in [7, 11) is 1.98. The summed E-state index contributed by atoms with van der Waals surface area (Å²) in [6.45, 7) is 9.48. The molecule has 0 aliphatic rings. The molecule has 0 bridgehead atoms. The van der Waals surface area contributed by atoms with Gasteiger partial charge in [0, 0.05) is 38.0 Å². The summed E-state index contributed by atoms with van der Waals surface area (Å²) in [4.78, 5) is 0. The zero-order valence-electron chi connectivity index (χ0n) is 10.1. The number of aromatic nitrogens is 2. The molecule has 0 aliphatic carbocycles. The van der Waals surface area contributed by atoms with Crippen LogP contribution in [0, 0.1) is 13.8 Å². The van der Waals surface area contributed by atoms with Crippen LogP contribution in [0.25, 0.3) is 0 Å². The van der Waals surface area contributed by atoms with E-state index in [-0.39, 0.29) is 0 Å². The standard InChI is InChI=1S/C11H21N3O/c1-5-15-7-6-12-8-11-9(2)13-14(4)10(11)3/h12H,5-8H2,1-4H3. The van der Waals surface area contributed by atoms with Crippen molar-refractivity contribution in [1.29, 1.82) is 0 Å². The molecule has 1 rings (SSSR count). The lowest BCUT2D eigenvalue weighted by atomic mass is 10.2. The average molecular weight is 211 g/mol. The first-order valence-electron chi connectivity index (χ1n) is 5.44. The van der Waals surface area contributed by atoms with Crippen LogP contribution in [0.2, 0.25) is 0 Å². The molecule has 0 spiro atoms. The van der Waals surface area contributed by atoms with E-state index in [1.165, 1.54) is 11.3 Å². The monoisotopic (exact) mass is 211 g/mol. The van der Waals surface area contributed by atoms with Gasteiger partial charge >= 0.3 is 0 Å². The highest BCUT2D eigenvalue weighted by Gasteiger charge is 2.07. The van der Waals surface area contributed by atoms with Gasteiger partial charge in [-0.3, -0.25) is 4.68 Å². The third-order valence-electron chi connectivity index (χ3n) is 2.59. The van der Waals surface area contributed by atoms with Crippen LogP contribution in [0.3, 0.4) is 0 Å². The maximum atomic E-state index is 5.25. The predicted molar refractivity (Wildman–Crippen MR) is 60.9 cm³/mol. The molecule has 0 radical (unpaired) electrons. The van der Waals surface area contributed by atoms with Crippen molar-refractivity contribution in [1.82, 2.24) is 15.1 Å². The van der Waals surface area contributed by atoms with Crippen LogP contribution in [0.5, 0.6) is 0 Å². The van der Waals surface area contributed by atoms with Gasteiger partial charge in [0.1, 0.15) is 0 Å². The van der Waals surface area contributed by atoms with E-state index in [1.807, 2.05) is 25.6 Å². The minimum atomic E-state index is 0.773. The lowest BCUT2D eigenvalue weighted by molar-refractivity contribution is 0.149. The second-order valence-corrected chi connectivity index (χ2v) is 3.65. The Morgan fingerprint density at radius 2 is 2.13 bits per heavy atom. The Bertz CT molecular complexity index is 307. The fourth-order valence-corrected chi connectivity index (χ4v) is 1.58. The van der Waals surface area contributed by atoms with Crippen LogP contribution in [0.1, 0.15) is 23.9 Å². The maximum absolute atomic E-state index is 5.25. The number of ether oxygens (including phenoxy) is 1. The number of hydrogen-bond donors (Lipinski definition) is 1. The Kier molecular flexibility index (Phi) is 4.78. The fraction of sp³-hybridized carbons (Fsp3) is 0.727. The SMILES string of the molecule is CCOCCNCc1c(C)nn(C)c1C. The molecule has 1 aromatic rings. The van der Waals surface area contributed by atoms with E-state index in [0.717, 1.165) is 32.0 Å². The van der Waals surface area contributed by atoms with Gasteiger partial charge in [0.15, 0.2) is 0 Å². The van der Waals surface area contributed by atoms with Crippen molar-refractivity contribution in [2.75, 3.05) is 19.8 Å². The second-order valence-electron chi connectivity index (χ2n) is 3.65. The molecule has 1 aromatic heterocycles. The Balaban J connectivity index is 2.37. The molecular formula is C11H21N3O. The molecule has 0 fully saturated rings. The topological polar surface area (TPSA) is 39.1 Å². The Morgan fingerprint density at radius 1 is 1.40 bits per heavy atom. The highest BCUT2D eigenvalue weighted by molar-refractivity contribution is 5.23. The first-order chi connectivity index (χ1) is 7.16. The molecular weight excluding hydrogens is 190 g/mol. The van der Waals surface area contributed by atoms with Crippen LogP contribution in [0.4, 0.5) is 0 Å². The van der Waals surface area contributed by atoms with Crippen molar-refractivity contribution in [2.45, 2.75) is 27.3 Å². The van der Waals surface area contributed by atoms with Crippen LogP contribution in [-0.4, -0.2) is 29.5 Å². The maximum Gasteiger partial charge on any atom is 0.0641 e. The fourth-order valence-electron chi connectivity index (χ4n) is 1.58. The quantitative estimate of drug-likeness (QED) is 0.718. The molecule has 1 heterocycles. The summed E-state index contributed by atoms with van der Waals surface area (Å²) in [5.74, 6) is 0. The molecule has 86 valence electrons. The number of aryl methyl sites for hydroxylation is 2. The summed E-state index contributed by atoms with van der Waals surface area (Å²) in [6.07, 6.45) is 0. The summed E-state index contributed by atoms with van der Waals surface area (Å²) in [6, 6.07) is 0. The van der Waals surface area contributed by atoms with Crippen molar-refractivity contribution >= 4 is 0 Å². The van der Waals surface area contributed by atoms with E-state index in [9.17, 15) is 0 Å². The van der Waals surface area contributed by atoms with Crippen LogP contribution in [0.15, 0.2) is 0 Å². The molecule has 0 atom stereocenters. The Hall–Kier alpha value is -0.870. The van der Waals surface area contributed by atoms with Crippen molar-refractivity contribution in [2.24, 2.45) is 7.05 Å². The van der Waals surface area contributed by atoms with Gasteiger partial charge in [0.05, 0.1) is 12.3 Å². The van der Waals surface area contributed by atoms with Crippen molar-refractivity contribution < 1.29 is 4.74 Å². The minimum Gasteiger partial charge on any atom is -0.380 e. The van der Waals surface area contributed by atoms with Gasteiger partial charge in [0.2, 0.25) is 0 Å². The van der Waals surface area contributed by atoms with Crippen molar-refractivity contribution in [3.8, 4) is 0 Å². The molecule has 4 nitrogen and oxygen atoms in total. The van der Waals surface area contributed by atoms with Crippen molar-refractivity contribution in [3.05, 3.63) is 17.0 Å².